The van der Waals surface area contributed by atoms with Crippen LogP contribution in [0.3, 0.4) is 0 Å². The first-order chi connectivity index (χ1) is 57.7. The normalized spacial score (nSPS) is 15.0. The standard InChI is InChI=1S/C74H107N15O34/c1-36(32-50(79-38(3)91)66(114)78-34-53(92)76-4)52-6-5-30-89(52)54(93)35-123-31-29-77-65(113)51(33-39-7-9-40(10-8-39)37(2)90)88-74(122)49(19-28-63(110)111)87-73(121)48(18-27-62(108)109)86-72(120)47(17-26-61(106)107)85-71(119)46(16-25-60(104)105)84-70(118)45(15-24-59(102)103)83-69(117)44(14-23-58(100)101)82-68(116)43(13-22-57(98)99)81-67(115)42(12-21-56(96)97)80-64(112)41(75)11-20-55(94)95/h7-10,36,41-52H,5-6,11-35,75H2,1-4H3,(H,76,92)(H,77,113)(H,78,114)(H,79,91)(H,80,112)(H,81,115)(H,82,116)(H,83,117)(H,84,118)(H,85,119)(H,86,120)(H,87,121)(H,88,122)(H,94,95)(H,96,97)(H,98,99)(H,100,101)(H,102,103)(H,104,105)(H,106,107)(H,108,109)(H,110,111)/t36?,41-,42-,43-,44-,45-,46-,47-,48-,49-,50+,51+,52+/m1/s1. The molecule has 682 valence electrons. The molecule has 1 heterocycles. The molecule has 24 N–H and O–H groups in total. The van der Waals surface area contributed by atoms with Crippen molar-refractivity contribution in [2.75, 3.05) is 39.9 Å². The van der Waals surface area contributed by atoms with Gasteiger partial charge in [0.1, 0.15) is 67.0 Å². The maximum atomic E-state index is 14.4. The van der Waals surface area contributed by atoms with Crippen LogP contribution in [0, 0.1) is 5.92 Å². The van der Waals surface area contributed by atoms with Crippen LogP contribution in [0.4, 0.5) is 0 Å². The molecule has 1 fully saturated rings. The van der Waals surface area contributed by atoms with Crippen LogP contribution in [0.2, 0.25) is 0 Å². The molecule has 0 aromatic heterocycles. The number of ether oxygens (including phenoxy) is 1. The van der Waals surface area contributed by atoms with Crippen molar-refractivity contribution in [2.45, 2.75) is 235 Å². The number of likely N-dealkylation sites (tertiary alicyclic amines) is 1. The number of carbonyl (C=O) groups is 24. The number of carbonyl (C=O) groups excluding carboxylic acids is 15. The van der Waals surface area contributed by atoms with E-state index in [1.165, 1.54) is 45.2 Å². The zero-order chi connectivity index (χ0) is 92.9. The van der Waals surface area contributed by atoms with Gasteiger partial charge in [-0.2, -0.15) is 0 Å². The van der Waals surface area contributed by atoms with E-state index in [2.05, 4.69) is 69.1 Å². The van der Waals surface area contributed by atoms with Crippen molar-refractivity contribution in [1.29, 1.82) is 0 Å². The Bertz CT molecular complexity index is 3990. The number of aliphatic carboxylic acids is 9. The summed E-state index contributed by atoms with van der Waals surface area (Å²) in [5, 5.41) is 115. The zero-order valence-corrected chi connectivity index (χ0v) is 67.7. The Morgan fingerprint density at radius 3 is 1.00 bits per heavy atom. The lowest BCUT2D eigenvalue weighted by Crippen LogP contribution is -2.60. The topological polar surface area (TPSA) is 787 Å². The summed E-state index contributed by atoms with van der Waals surface area (Å²) in [6.45, 7) is 3.04. The third-order valence-electron chi connectivity index (χ3n) is 18.7. The van der Waals surface area contributed by atoms with E-state index in [4.69, 9.17) is 15.6 Å². The summed E-state index contributed by atoms with van der Waals surface area (Å²) in [6.07, 6.45) is -15.1. The second-order valence-corrected chi connectivity index (χ2v) is 28.5. The van der Waals surface area contributed by atoms with Crippen LogP contribution in [0.25, 0.3) is 0 Å². The van der Waals surface area contributed by atoms with Crippen molar-refractivity contribution >= 4 is 142 Å². The van der Waals surface area contributed by atoms with Crippen molar-refractivity contribution in [2.24, 2.45) is 11.7 Å². The van der Waals surface area contributed by atoms with Gasteiger partial charge >= 0.3 is 53.7 Å². The lowest BCUT2D eigenvalue weighted by molar-refractivity contribution is -0.141. The fourth-order valence-electron chi connectivity index (χ4n) is 12.2. The predicted molar refractivity (Wildman–Crippen MR) is 414 cm³/mol. The van der Waals surface area contributed by atoms with Crippen molar-refractivity contribution in [1.82, 2.24) is 74.0 Å². The fourth-order valence-corrected chi connectivity index (χ4v) is 12.2. The largest absolute Gasteiger partial charge is 0.481 e. The van der Waals surface area contributed by atoms with E-state index < -0.39 is 331 Å². The zero-order valence-electron chi connectivity index (χ0n) is 67.7. The summed E-state index contributed by atoms with van der Waals surface area (Å²) in [6, 6.07) is -15.8. The summed E-state index contributed by atoms with van der Waals surface area (Å²) in [5.41, 5.74) is 6.29. The maximum absolute atomic E-state index is 14.4. The Labute approximate surface area is 701 Å². The number of carboxylic acid groups (broad SMARTS) is 9. The average Bonchev–Trinajstić information content (AvgIpc) is 1.63. The first kappa shape index (κ1) is 106. The summed E-state index contributed by atoms with van der Waals surface area (Å²) in [4.78, 5) is 311. The molecule has 1 aromatic carbocycles. The van der Waals surface area contributed by atoms with Crippen LogP contribution in [0.5, 0.6) is 0 Å². The number of hydrogen-bond acceptors (Lipinski definition) is 26. The summed E-state index contributed by atoms with van der Waals surface area (Å²) < 4.78 is 5.64. The number of benzene rings is 1. The molecular weight excluding hydrogens is 1640 g/mol. The summed E-state index contributed by atoms with van der Waals surface area (Å²) in [7, 11) is 1.37. The molecule has 1 saturated heterocycles. The number of carboxylic acids is 9. The van der Waals surface area contributed by atoms with Crippen LogP contribution in [-0.2, 0) is 121 Å². The lowest BCUT2D eigenvalue weighted by Gasteiger charge is -2.31. The number of nitrogens with one attached hydrogen (secondary N) is 13. The van der Waals surface area contributed by atoms with Gasteiger partial charge in [-0.05, 0) is 95.5 Å². The third kappa shape index (κ3) is 42.4. The first-order valence-corrected chi connectivity index (χ1v) is 38.7. The van der Waals surface area contributed by atoms with Gasteiger partial charge in [-0.15, -0.1) is 0 Å². The molecule has 0 spiro atoms. The number of nitrogens with two attached hydrogens (primary N) is 1. The first-order valence-electron chi connectivity index (χ1n) is 38.7. The van der Waals surface area contributed by atoms with E-state index in [9.17, 15) is 156 Å². The smallest absolute Gasteiger partial charge is 0.303 e. The number of likely N-dealkylation sites (N-methyl/N-ethyl adjacent to an activating group) is 1. The number of Topliss-reactive ketones (excluding diaryl/α,β-unsaturated/α-hetero) is 1. The van der Waals surface area contributed by atoms with E-state index in [0.29, 0.717) is 24.9 Å². The van der Waals surface area contributed by atoms with Crippen LogP contribution in [-0.4, -0.2) is 305 Å². The number of amides is 14. The van der Waals surface area contributed by atoms with E-state index in [1.54, 1.807) is 11.8 Å². The highest BCUT2D eigenvalue weighted by atomic mass is 16.5. The molecule has 0 radical (unpaired) electrons. The van der Waals surface area contributed by atoms with E-state index >= 15 is 0 Å². The number of ketones is 1. The van der Waals surface area contributed by atoms with E-state index in [0.717, 1.165) is 0 Å². The second kappa shape index (κ2) is 54.7. The van der Waals surface area contributed by atoms with Gasteiger partial charge in [-0.1, -0.05) is 31.2 Å². The number of hydrogen-bond donors (Lipinski definition) is 23. The number of nitrogens with zero attached hydrogens (tertiary/aromatic N) is 1. The Balaban J connectivity index is 2.56. The third-order valence-corrected chi connectivity index (χ3v) is 18.7. The molecule has 123 heavy (non-hydrogen) atoms. The minimum absolute atomic E-state index is 0.0788. The fraction of sp³-hybridized carbons (Fsp3) is 0.595. The molecule has 49 heteroatoms. The van der Waals surface area contributed by atoms with Gasteiger partial charge in [-0.3, -0.25) is 115 Å². The molecule has 14 amide bonds. The average molecular weight is 1750 g/mol. The molecule has 1 aliphatic rings. The molecule has 1 aliphatic heterocycles. The SMILES string of the molecule is CNC(=O)CNC(=O)[C@H](CC(C)[C@@H]1CCCN1C(=O)COCCNC(=O)[C@H](Cc1ccc(C(C)=O)cc1)NC(=O)[C@@H](CCC(=O)O)NC(=O)[C@@H](CCC(=O)O)NC(=O)[C@@H](CCC(=O)O)NC(=O)[C@@H](CCC(=O)O)NC(=O)[C@@H](CCC(=O)O)NC(=O)[C@@H](CCC(=O)O)NC(=O)[C@@H](CCC(=O)O)NC(=O)[C@@H](CCC(=O)O)NC(=O)[C@H](N)CCC(=O)O)NC(C)=O. The highest BCUT2D eigenvalue weighted by molar-refractivity contribution is 6.00. The molecule has 1 aromatic rings. The molecular formula is C74H107N15O34. The lowest BCUT2D eigenvalue weighted by atomic mass is 9.91. The second-order valence-electron chi connectivity index (χ2n) is 28.5. The van der Waals surface area contributed by atoms with Crippen molar-refractivity contribution < 1.29 is 166 Å². The molecule has 0 aliphatic carbocycles. The maximum Gasteiger partial charge on any atom is 0.303 e. The van der Waals surface area contributed by atoms with E-state index in [-0.39, 0.29) is 49.8 Å². The predicted octanol–water partition coefficient (Wildman–Crippen LogP) is -6.58. The van der Waals surface area contributed by atoms with Crippen molar-refractivity contribution in [3.05, 3.63) is 35.4 Å². The Morgan fingerprint density at radius 1 is 0.398 bits per heavy atom. The highest BCUT2D eigenvalue weighted by Gasteiger charge is 2.40. The Hall–Kier alpha value is -13.4. The molecule has 1 unspecified atom stereocenters. The summed E-state index contributed by atoms with van der Waals surface area (Å²) in [5.74, 6) is -31.0. The highest BCUT2D eigenvalue weighted by Crippen LogP contribution is 2.28. The van der Waals surface area contributed by atoms with Crippen LogP contribution < -0.4 is 74.9 Å². The van der Waals surface area contributed by atoms with Crippen LogP contribution >= 0.6 is 0 Å². The van der Waals surface area contributed by atoms with Gasteiger partial charge in [0.2, 0.25) is 82.7 Å². The van der Waals surface area contributed by atoms with Crippen molar-refractivity contribution in [3.63, 3.8) is 0 Å². The summed E-state index contributed by atoms with van der Waals surface area (Å²) >= 11 is 0. The van der Waals surface area contributed by atoms with Crippen LogP contribution in [0.1, 0.15) is 172 Å². The van der Waals surface area contributed by atoms with Gasteiger partial charge in [0.05, 0.1) is 19.2 Å². The Kier molecular flexibility index (Phi) is 47.0. The van der Waals surface area contributed by atoms with Crippen molar-refractivity contribution in [3.8, 4) is 0 Å². The van der Waals surface area contributed by atoms with E-state index in [1.807, 2.05) is 0 Å². The molecule has 13 atom stereocenters. The minimum Gasteiger partial charge on any atom is -0.481 e. The van der Waals surface area contributed by atoms with Gasteiger partial charge in [0.25, 0.3) is 0 Å². The molecule has 2 rings (SSSR count). The molecule has 0 saturated carbocycles. The molecule has 0 bridgehead atoms. The Morgan fingerprint density at radius 2 is 0.699 bits per heavy atom. The molecule has 49 nitrogen and oxygen atoms in total. The van der Waals surface area contributed by atoms with Gasteiger partial charge in [-0.25, -0.2) is 0 Å². The van der Waals surface area contributed by atoms with Gasteiger partial charge in [0, 0.05) is 103 Å². The quantitative estimate of drug-likeness (QED) is 0.0213. The monoisotopic (exact) mass is 1750 g/mol. The van der Waals surface area contributed by atoms with Gasteiger partial charge < -0.3 is 130 Å². The van der Waals surface area contributed by atoms with Gasteiger partial charge in [0.15, 0.2) is 5.78 Å². The number of rotatable bonds is 61. The van der Waals surface area contributed by atoms with Crippen LogP contribution in [0.15, 0.2) is 24.3 Å². The minimum atomic E-state index is -2.21.